The van der Waals surface area contributed by atoms with E-state index in [-0.39, 0.29) is 35.4 Å². The number of nitrogens with zero attached hydrogens (tertiary/aromatic N) is 6. The van der Waals surface area contributed by atoms with Crippen LogP contribution in [-0.4, -0.2) is 63.0 Å². The van der Waals surface area contributed by atoms with Gasteiger partial charge < -0.3 is 14.2 Å². The highest BCUT2D eigenvalue weighted by Crippen LogP contribution is 2.34. The molecule has 6 rings (SSSR count). The molecule has 0 saturated carbocycles. The third kappa shape index (κ3) is 4.19. The molecule has 1 N–H and O–H groups in total. The molecule has 2 fully saturated rings. The van der Waals surface area contributed by atoms with E-state index < -0.39 is 17.6 Å². The van der Waals surface area contributed by atoms with Gasteiger partial charge in [0.15, 0.2) is 5.58 Å². The zero-order valence-corrected chi connectivity index (χ0v) is 19.2. The maximum atomic E-state index is 15.2. The van der Waals surface area contributed by atoms with E-state index in [9.17, 15) is 9.59 Å². The van der Waals surface area contributed by atoms with Crippen molar-refractivity contribution in [2.45, 2.75) is 25.3 Å². The van der Waals surface area contributed by atoms with Crippen molar-refractivity contribution in [3.63, 3.8) is 0 Å². The third-order valence-electron chi connectivity index (χ3n) is 6.46. The molecule has 4 aromatic rings. The molecular weight excluding hydrogens is 469 g/mol. The summed E-state index contributed by atoms with van der Waals surface area (Å²) in [6.45, 7) is 3.36. The van der Waals surface area contributed by atoms with Crippen molar-refractivity contribution < 1.29 is 23.2 Å². The number of nitrogens with one attached hydrogen (secondary N) is 1. The average Bonchev–Trinajstić information content (AvgIpc) is 3.53. The van der Waals surface area contributed by atoms with Crippen LogP contribution in [0.5, 0.6) is 0 Å². The summed E-state index contributed by atoms with van der Waals surface area (Å²) in [4.78, 5) is 34.8. The SMILES string of the molecule is O=C1CCC(c2noc3cc(-c4cnn(Cc5ncc(N6CCOCC6)cn5)c4)cc(F)c23)C(=O)N1. The molecule has 1 aromatic carbocycles. The van der Waals surface area contributed by atoms with Crippen molar-refractivity contribution in [2.24, 2.45) is 0 Å². The number of rotatable bonds is 5. The van der Waals surface area contributed by atoms with Gasteiger partial charge in [-0.3, -0.25) is 19.6 Å². The Morgan fingerprint density at radius 2 is 1.89 bits per heavy atom. The van der Waals surface area contributed by atoms with Gasteiger partial charge >= 0.3 is 0 Å². The van der Waals surface area contributed by atoms with Gasteiger partial charge in [-0.2, -0.15) is 5.10 Å². The second kappa shape index (κ2) is 9.11. The lowest BCUT2D eigenvalue weighted by atomic mass is 9.92. The van der Waals surface area contributed by atoms with Crippen LogP contribution in [0.1, 0.15) is 30.3 Å². The van der Waals surface area contributed by atoms with Gasteiger partial charge in [-0.15, -0.1) is 0 Å². The normalized spacial score (nSPS) is 18.6. The van der Waals surface area contributed by atoms with E-state index in [0.717, 1.165) is 18.8 Å². The van der Waals surface area contributed by atoms with Crippen molar-refractivity contribution >= 4 is 28.5 Å². The number of imide groups is 1. The lowest BCUT2D eigenvalue weighted by Gasteiger charge is -2.28. The number of hydrogen-bond donors (Lipinski definition) is 1. The van der Waals surface area contributed by atoms with Gasteiger partial charge in [-0.25, -0.2) is 14.4 Å². The summed E-state index contributed by atoms with van der Waals surface area (Å²) in [6, 6.07) is 3.03. The molecule has 2 saturated heterocycles. The van der Waals surface area contributed by atoms with Crippen LogP contribution in [0.25, 0.3) is 22.1 Å². The molecule has 3 aromatic heterocycles. The molecule has 1 unspecified atom stereocenters. The number of halogens is 1. The first-order valence-corrected chi connectivity index (χ1v) is 11.6. The van der Waals surface area contributed by atoms with Gasteiger partial charge in [0.25, 0.3) is 0 Å². The monoisotopic (exact) mass is 491 g/mol. The predicted molar refractivity (Wildman–Crippen MR) is 124 cm³/mol. The molecule has 2 amide bonds. The number of aromatic nitrogens is 5. The average molecular weight is 491 g/mol. The summed E-state index contributed by atoms with van der Waals surface area (Å²) in [5.74, 6) is -1.53. The fourth-order valence-electron chi connectivity index (χ4n) is 4.56. The van der Waals surface area contributed by atoms with E-state index in [1.165, 1.54) is 6.07 Å². The molecule has 5 heterocycles. The smallest absolute Gasteiger partial charge is 0.235 e. The topological polar surface area (TPSA) is 128 Å². The summed E-state index contributed by atoms with van der Waals surface area (Å²) in [6.07, 6.45) is 7.42. The predicted octanol–water partition coefficient (Wildman–Crippen LogP) is 2.03. The Morgan fingerprint density at radius 1 is 1.08 bits per heavy atom. The number of hydrogen-bond acceptors (Lipinski definition) is 9. The van der Waals surface area contributed by atoms with Crippen LogP contribution in [0.2, 0.25) is 0 Å². The van der Waals surface area contributed by atoms with Crippen LogP contribution >= 0.6 is 0 Å². The number of ether oxygens (including phenoxy) is 1. The van der Waals surface area contributed by atoms with E-state index in [1.54, 1.807) is 35.5 Å². The minimum absolute atomic E-state index is 0.148. The lowest BCUT2D eigenvalue weighted by molar-refractivity contribution is -0.134. The molecular formula is C24H22FN7O4. The Bertz CT molecular complexity index is 1440. The maximum absolute atomic E-state index is 15.2. The standard InChI is InChI=1S/C24H22FN7O4/c25-18-7-14(8-19-22(18)23(30-36-19)17-1-2-21(33)29-24(17)34)15-9-28-32(12-15)13-20-26-10-16(11-27-20)31-3-5-35-6-4-31/h7-12,17H,1-6,13H2,(H,29,33,34). The molecule has 1 atom stereocenters. The van der Waals surface area contributed by atoms with Crippen LogP contribution < -0.4 is 10.2 Å². The molecule has 11 nitrogen and oxygen atoms in total. The Hall–Kier alpha value is -4.19. The molecule has 0 spiro atoms. The van der Waals surface area contributed by atoms with Crippen molar-refractivity contribution in [2.75, 3.05) is 31.2 Å². The molecule has 36 heavy (non-hydrogen) atoms. The largest absolute Gasteiger partial charge is 0.378 e. The Morgan fingerprint density at radius 3 is 2.67 bits per heavy atom. The van der Waals surface area contributed by atoms with Gasteiger partial charge in [0.1, 0.15) is 23.9 Å². The summed E-state index contributed by atoms with van der Waals surface area (Å²) in [5.41, 5.74) is 2.61. The van der Waals surface area contributed by atoms with Crippen LogP contribution in [0.15, 0.2) is 41.4 Å². The van der Waals surface area contributed by atoms with Gasteiger partial charge in [0.05, 0.1) is 48.8 Å². The minimum Gasteiger partial charge on any atom is -0.378 e. The van der Waals surface area contributed by atoms with Crippen LogP contribution in [0.3, 0.4) is 0 Å². The first-order chi connectivity index (χ1) is 17.5. The van der Waals surface area contributed by atoms with E-state index in [2.05, 4.69) is 30.4 Å². The number of carbonyl (C=O) groups is 2. The van der Waals surface area contributed by atoms with Crippen molar-refractivity contribution in [1.82, 2.24) is 30.2 Å². The van der Waals surface area contributed by atoms with E-state index in [4.69, 9.17) is 9.26 Å². The quantitative estimate of drug-likeness (QED) is 0.417. The Balaban J connectivity index is 1.20. The van der Waals surface area contributed by atoms with Gasteiger partial charge in [0, 0.05) is 31.3 Å². The minimum atomic E-state index is -0.735. The number of piperidine rings is 1. The molecule has 12 heteroatoms. The molecule has 2 aliphatic rings. The fourth-order valence-corrected chi connectivity index (χ4v) is 4.56. The van der Waals surface area contributed by atoms with Crippen molar-refractivity contribution in [3.8, 4) is 11.1 Å². The van der Waals surface area contributed by atoms with Gasteiger partial charge in [-0.05, 0) is 24.1 Å². The first kappa shape index (κ1) is 22.3. The zero-order chi connectivity index (χ0) is 24.6. The van der Waals surface area contributed by atoms with Crippen LogP contribution in [0.4, 0.5) is 10.1 Å². The molecule has 184 valence electrons. The summed E-state index contributed by atoms with van der Waals surface area (Å²) in [7, 11) is 0. The molecule has 0 bridgehead atoms. The number of fused-ring (bicyclic) bond motifs is 1. The van der Waals surface area contributed by atoms with Crippen molar-refractivity contribution in [3.05, 3.63) is 54.3 Å². The number of morpholine rings is 1. The molecule has 0 radical (unpaired) electrons. The second-order valence-corrected chi connectivity index (χ2v) is 8.79. The Kier molecular flexibility index (Phi) is 5.64. The maximum Gasteiger partial charge on any atom is 0.235 e. The van der Waals surface area contributed by atoms with E-state index in [1.807, 2.05) is 0 Å². The molecule has 2 aliphatic heterocycles. The number of carbonyl (C=O) groups excluding carboxylic acids is 2. The summed E-state index contributed by atoms with van der Waals surface area (Å²) in [5, 5.41) is 10.7. The highest BCUT2D eigenvalue weighted by atomic mass is 19.1. The first-order valence-electron chi connectivity index (χ1n) is 11.6. The van der Waals surface area contributed by atoms with Gasteiger partial charge in [0.2, 0.25) is 11.8 Å². The van der Waals surface area contributed by atoms with Crippen molar-refractivity contribution in [1.29, 1.82) is 0 Å². The van der Waals surface area contributed by atoms with E-state index >= 15 is 4.39 Å². The number of benzene rings is 1. The Labute approximate surface area is 204 Å². The van der Waals surface area contributed by atoms with Crippen LogP contribution in [0, 0.1) is 5.82 Å². The highest BCUT2D eigenvalue weighted by molar-refractivity contribution is 6.02. The highest BCUT2D eigenvalue weighted by Gasteiger charge is 2.33. The molecule has 0 aliphatic carbocycles. The number of amides is 2. The summed E-state index contributed by atoms with van der Waals surface area (Å²) >= 11 is 0. The lowest BCUT2D eigenvalue weighted by Crippen LogP contribution is -2.39. The van der Waals surface area contributed by atoms with E-state index in [0.29, 0.717) is 36.7 Å². The second-order valence-electron chi connectivity index (χ2n) is 8.79. The fraction of sp³-hybridized carbons (Fsp3) is 0.333. The van der Waals surface area contributed by atoms with Gasteiger partial charge in [-0.1, -0.05) is 5.16 Å². The number of anilines is 1. The summed E-state index contributed by atoms with van der Waals surface area (Å²) < 4.78 is 27.6. The zero-order valence-electron chi connectivity index (χ0n) is 19.2. The van der Waals surface area contributed by atoms with Crippen LogP contribution in [-0.2, 0) is 20.9 Å². The third-order valence-corrected chi connectivity index (χ3v) is 6.46.